The molecule has 0 spiro atoms. The van der Waals surface area contributed by atoms with Crippen molar-refractivity contribution in [3.8, 4) is 0 Å². The summed E-state index contributed by atoms with van der Waals surface area (Å²) in [4.78, 5) is 0. The molecule has 0 saturated carbocycles. The molecule has 0 nitrogen and oxygen atoms in total. The van der Waals surface area contributed by atoms with Crippen LogP contribution in [0.4, 0.5) is 0 Å². The van der Waals surface area contributed by atoms with Gasteiger partial charge in [0.1, 0.15) is 0 Å². The van der Waals surface area contributed by atoms with Crippen molar-refractivity contribution in [2.24, 2.45) is 0 Å². The summed E-state index contributed by atoms with van der Waals surface area (Å²) in [5, 5.41) is 5.09. The summed E-state index contributed by atoms with van der Waals surface area (Å²) in [6.07, 6.45) is 5.99. The maximum atomic E-state index is 3.66. The average Bonchev–Trinajstić information content (AvgIpc) is 3.24. The quantitative estimate of drug-likeness (QED) is 0.240. The third-order valence-corrected chi connectivity index (χ3v) is 5.36. The number of benzene rings is 5. The molecule has 157 valence electrons. The first-order chi connectivity index (χ1) is 15.8. The predicted octanol–water partition coefficient (Wildman–Crippen LogP) is 6.22. The van der Waals surface area contributed by atoms with Gasteiger partial charge < -0.3 is 0 Å². The van der Waals surface area contributed by atoms with Gasteiger partial charge in [-0.05, 0) is 21.8 Å². The molecule has 5 aromatic carbocycles. The van der Waals surface area contributed by atoms with Crippen molar-refractivity contribution in [3.05, 3.63) is 156 Å². The van der Waals surface area contributed by atoms with Crippen LogP contribution in [-0.4, -0.2) is 0 Å². The number of fused-ring (bicyclic) bond motifs is 2. The van der Waals surface area contributed by atoms with Crippen molar-refractivity contribution < 1.29 is 26.2 Å². The van der Waals surface area contributed by atoms with Crippen LogP contribution in [0.1, 0.15) is 12.5 Å². The monoisotopic (exact) mass is 499 g/mol. The molecule has 0 fully saturated rings. The number of hydrogen-bond donors (Lipinski definition) is 0. The minimum Gasteiger partial charge on any atom is -0.189 e. The molecule has 0 aromatic heterocycles. The minimum absolute atomic E-state index is 0. The summed E-state index contributed by atoms with van der Waals surface area (Å²) in [5.74, 6) is 0. The zero-order chi connectivity index (χ0) is 22.1. The Bertz CT molecular complexity index is 1250. The third kappa shape index (κ3) is 6.50. The van der Waals surface area contributed by atoms with E-state index in [0.717, 1.165) is 0 Å². The van der Waals surface area contributed by atoms with Gasteiger partial charge >= 0.3 is 26.2 Å². The Morgan fingerprint density at radius 1 is 0.576 bits per heavy atom. The van der Waals surface area contributed by atoms with Gasteiger partial charge in [0.2, 0.25) is 0 Å². The molecular formula is C32H25Zr. The molecular weight excluding hydrogens is 476 g/mol. The van der Waals surface area contributed by atoms with Crippen molar-refractivity contribution in [1.29, 1.82) is 0 Å². The van der Waals surface area contributed by atoms with E-state index >= 15 is 0 Å². The molecule has 33 heavy (non-hydrogen) atoms. The van der Waals surface area contributed by atoms with E-state index < -0.39 is 0 Å². The summed E-state index contributed by atoms with van der Waals surface area (Å²) in [5.41, 5.74) is 1.18. The molecule has 1 radical (unpaired) electrons. The van der Waals surface area contributed by atoms with Gasteiger partial charge in [0.15, 0.2) is 0 Å². The number of hydrogen-bond acceptors (Lipinski definition) is 0. The standard InChI is InChI=1S/C20H15.2C6H5.Zr/c1-20(13-16-8-2-3-9-17(16)14-20)19-12-6-10-15-7-4-5-11-18(15)19;2*1-2-4-6-5-3-1;/h2-13H,1H3;2*1-5H;/q3*-1;+3. The maximum absolute atomic E-state index is 3.66. The summed E-state index contributed by atoms with van der Waals surface area (Å²) >= 11 is 0. The van der Waals surface area contributed by atoms with E-state index in [0.29, 0.717) is 0 Å². The van der Waals surface area contributed by atoms with E-state index in [-0.39, 0.29) is 31.6 Å². The molecule has 1 heteroatoms. The van der Waals surface area contributed by atoms with Gasteiger partial charge in [0.05, 0.1) is 0 Å². The van der Waals surface area contributed by atoms with Crippen molar-refractivity contribution in [1.82, 2.24) is 0 Å². The van der Waals surface area contributed by atoms with Gasteiger partial charge in [-0.2, -0.15) is 90.2 Å². The fourth-order valence-electron chi connectivity index (χ4n) is 3.87. The van der Waals surface area contributed by atoms with E-state index in [1.165, 1.54) is 26.8 Å². The SMILES string of the molecule is CC1(c2cccc3ccccc23)[C-]=c2ccccc2=C1.[Zr+3].[c-]1ccccc1.[c-]1ccccc1. The fraction of sp³-hybridized carbons (Fsp3) is 0.0625. The smallest absolute Gasteiger partial charge is 0.189 e. The molecule has 6 rings (SSSR count). The molecule has 0 aliphatic heterocycles. The molecule has 0 N–H and O–H groups in total. The van der Waals surface area contributed by atoms with Gasteiger partial charge in [0, 0.05) is 0 Å². The second-order valence-electron chi connectivity index (χ2n) is 7.74. The first-order valence-corrected chi connectivity index (χ1v) is 10.8. The van der Waals surface area contributed by atoms with Crippen LogP contribution in [0, 0.1) is 12.1 Å². The maximum Gasteiger partial charge on any atom is 3.00 e. The normalized spacial score (nSPS) is 15.2. The van der Waals surface area contributed by atoms with Crippen LogP contribution in [0.15, 0.2) is 127 Å². The van der Waals surface area contributed by atoms with Gasteiger partial charge in [-0.25, -0.2) is 0 Å². The molecule has 1 atom stereocenters. The molecule has 0 saturated heterocycles. The summed E-state index contributed by atoms with van der Waals surface area (Å²) in [6, 6.07) is 48.6. The Kier molecular flexibility index (Phi) is 9.17. The number of rotatable bonds is 1. The summed E-state index contributed by atoms with van der Waals surface area (Å²) in [6.45, 7) is 2.24. The van der Waals surface area contributed by atoms with Crippen LogP contribution in [0.5, 0.6) is 0 Å². The molecule has 5 aromatic rings. The van der Waals surface area contributed by atoms with E-state index in [9.17, 15) is 0 Å². The van der Waals surface area contributed by atoms with E-state index in [2.05, 4.69) is 97.9 Å². The molecule has 1 unspecified atom stereocenters. The van der Waals surface area contributed by atoms with Crippen LogP contribution in [0.25, 0.3) is 22.9 Å². The van der Waals surface area contributed by atoms with Crippen LogP contribution in [0.3, 0.4) is 0 Å². The van der Waals surface area contributed by atoms with Gasteiger partial charge in [0.25, 0.3) is 0 Å². The molecule has 1 aliphatic rings. The Labute approximate surface area is 216 Å². The van der Waals surface area contributed by atoms with Crippen molar-refractivity contribution in [2.75, 3.05) is 0 Å². The van der Waals surface area contributed by atoms with Crippen LogP contribution in [0.2, 0.25) is 0 Å². The zero-order valence-corrected chi connectivity index (χ0v) is 21.2. The van der Waals surface area contributed by atoms with Crippen molar-refractivity contribution >= 4 is 22.9 Å². The molecule has 0 heterocycles. The minimum atomic E-state index is -0.148. The first kappa shape index (κ1) is 24.6. The Morgan fingerprint density at radius 3 is 1.73 bits per heavy atom. The van der Waals surface area contributed by atoms with Crippen molar-refractivity contribution in [2.45, 2.75) is 12.3 Å². The van der Waals surface area contributed by atoms with E-state index in [1.54, 1.807) is 0 Å². The van der Waals surface area contributed by atoms with Crippen LogP contribution in [-0.2, 0) is 31.6 Å². The van der Waals surface area contributed by atoms with Crippen LogP contribution < -0.4 is 10.4 Å². The predicted molar refractivity (Wildman–Crippen MR) is 135 cm³/mol. The van der Waals surface area contributed by atoms with Gasteiger partial charge in [-0.3, -0.25) is 0 Å². The summed E-state index contributed by atoms with van der Waals surface area (Å²) < 4.78 is 0. The molecule has 0 bridgehead atoms. The Morgan fingerprint density at radius 2 is 1.15 bits per heavy atom. The topological polar surface area (TPSA) is 0 Å². The Hall–Kier alpha value is -3.02. The zero-order valence-electron chi connectivity index (χ0n) is 18.7. The summed E-state index contributed by atoms with van der Waals surface area (Å²) in [7, 11) is 0. The Balaban J connectivity index is 0.000000194. The van der Waals surface area contributed by atoms with Crippen molar-refractivity contribution in [3.63, 3.8) is 0 Å². The third-order valence-electron chi connectivity index (χ3n) is 5.36. The first-order valence-electron chi connectivity index (χ1n) is 10.8. The average molecular weight is 501 g/mol. The van der Waals surface area contributed by atoms with Crippen LogP contribution >= 0.6 is 0 Å². The second-order valence-corrected chi connectivity index (χ2v) is 7.74. The largest absolute Gasteiger partial charge is 3.00 e. The van der Waals surface area contributed by atoms with E-state index in [4.69, 9.17) is 0 Å². The second kappa shape index (κ2) is 12.3. The van der Waals surface area contributed by atoms with Gasteiger partial charge in [-0.1, -0.05) is 55.5 Å². The fourth-order valence-corrected chi connectivity index (χ4v) is 3.87. The van der Waals surface area contributed by atoms with E-state index in [1.807, 2.05) is 60.7 Å². The van der Waals surface area contributed by atoms with Gasteiger partial charge in [-0.15, -0.1) is 23.4 Å². The molecule has 1 aliphatic carbocycles. The molecule has 0 amide bonds.